The van der Waals surface area contributed by atoms with Gasteiger partial charge in [-0.1, -0.05) is 23.2 Å². The molecule has 1 saturated heterocycles. The van der Waals surface area contributed by atoms with E-state index in [2.05, 4.69) is 15.3 Å². The summed E-state index contributed by atoms with van der Waals surface area (Å²) in [6, 6.07) is 1.50. The van der Waals surface area contributed by atoms with E-state index in [-0.39, 0.29) is 6.10 Å². The van der Waals surface area contributed by atoms with E-state index in [4.69, 9.17) is 27.9 Å². The highest BCUT2D eigenvalue weighted by molar-refractivity contribution is 6.33. The molecular weight excluding hydrogens is 225 g/mol. The molecule has 1 aliphatic heterocycles. The van der Waals surface area contributed by atoms with Gasteiger partial charge in [-0.05, 0) is 0 Å². The summed E-state index contributed by atoms with van der Waals surface area (Å²) in [6.07, 6.45) is -0.153. The molecule has 1 aliphatic rings. The Balaban J connectivity index is 2.21. The molecule has 0 radical (unpaired) electrons. The molecule has 0 aromatic carbocycles. The Morgan fingerprint density at radius 2 is 2.07 bits per heavy atom. The minimum Gasteiger partial charge on any atom is -0.368 e. The standard InChI is InChI=1S/C8H9Cl2N3O/c9-6-3-7(10)13-8(12-6)5-4-11-1-2-14-5/h3,5,11H,1-2,4H2. The first-order valence-electron chi connectivity index (χ1n) is 4.28. The van der Waals surface area contributed by atoms with Crippen molar-refractivity contribution in [2.24, 2.45) is 0 Å². The smallest absolute Gasteiger partial charge is 0.161 e. The summed E-state index contributed by atoms with van der Waals surface area (Å²) in [5.74, 6) is 0.537. The van der Waals surface area contributed by atoms with Gasteiger partial charge in [0.05, 0.1) is 6.61 Å². The number of nitrogens with one attached hydrogen (secondary N) is 1. The molecule has 0 amide bonds. The fourth-order valence-corrected chi connectivity index (χ4v) is 1.72. The Kier molecular flexibility index (Phi) is 3.18. The van der Waals surface area contributed by atoms with Crippen molar-refractivity contribution < 1.29 is 4.74 Å². The summed E-state index contributed by atoms with van der Waals surface area (Å²) in [7, 11) is 0. The van der Waals surface area contributed by atoms with Crippen molar-refractivity contribution in [3.05, 3.63) is 22.2 Å². The topological polar surface area (TPSA) is 47.0 Å². The Bertz CT molecular complexity index is 308. The third-order valence-corrected chi connectivity index (χ3v) is 2.28. The minimum atomic E-state index is -0.153. The molecule has 1 aromatic heterocycles. The average Bonchev–Trinajstić information content (AvgIpc) is 2.18. The van der Waals surface area contributed by atoms with Gasteiger partial charge in [0, 0.05) is 19.2 Å². The minimum absolute atomic E-state index is 0.153. The molecule has 0 bridgehead atoms. The Labute approximate surface area is 91.6 Å². The zero-order valence-electron chi connectivity index (χ0n) is 7.33. The van der Waals surface area contributed by atoms with E-state index in [9.17, 15) is 0 Å². The van der Waals surface area contributed by atoms with Gasteiger partial charge in [0.2, 0.25) is 0 Å². The van der Waals surface area contributed by atoms with E-state index in [1.165, 1.54) is 6.07 Å². The fraction of sp³-hybridized carbons (Fsp3) is 0.500. The van der Waals surface area contributed by atoms with Gasteiger partial charge in [-0.2, -0.15) is 0 Å². The fourth-order valence-electron chi connectivity index (χ4n) is 1.28. The number of hydrogen-bond donors (Lipinski definition) is 1. The van der Waals surface area contributed by atoms with Gasteiger partial charge in [0.25, 0.3) is 0 Å². The van der Waals surface area contributed by atoms with E-state index < -0.39 is 0 Å². The number of hydrogen-bond acceptors (Lipinski definition) is 4. The lowest BCUT2D eigenvalue weighted by molar-refractivity contribution is 0.0221. The highest BCUT2D eigenvalue weighted by Crippen LogP contribution is 2.19. The highest BCUT2D eigenvalue weighted by atomic mass is 35.5. The summed E-state index contributed by atoms with van der Waals surface area (Å²) in [4.78, 5) is 8.13. The second-order valence-electron chi connectivity index (χ2n) is 2.94. The highest BCUT2D eigenvalue weighted by Gasteiger charge is 2.19. The molecule has 2 heterocycles. The number of ether oxygens (including phenoxy) is 1. The van der Waals surface area contributed by atoms with Gasteiger partial charge in [-0.3, -0.25) is 0 Å². The maximum Gasteiger partial charge on any atom is 0.161 e. The van der Waals surface area contributed by atoms with Gasteiger partial charge in [0.1, 0.15) is 16.4 Å². The molecule has 14 heavy (non-hydrogen) atoms. The molecule has 0 aliphatic carbocycles. The number of aromatic nitrogens is 2. The lowest BCUT2D eigenvalue weighted by Gasteiger charge is -2.22. The van der Waals surface area contributed by atoms with Crippen LogP contribution in [0.4, 0.5) is 0 Å². The summed E-state index contributed by atoms with van der Waals surface area (Å²) >= 11 is 11.5. The molecule has 76 valence electrons. The van der Waals surface area contributed by atoms with Crippen LogP contribution in [-0.4, -0.2) is 29.7 Å². The summed E-state index contributed by atoms with van der Waals surface area (Å²) in [6.45, 7) is 2.19. The predicted octanol–water partition coefficient (Wildman–Crippen LogP) is 1.44. The van der Waals surface area contributed by atoms with Crippen molar-refractivity contribution in [2.45, 2.75) is 6.10 Å². The monoisotopic (exact) mass is 233 g/mol. The normalized spacial score (nSPS) is 22.3. The van der Waals surface area contributed by atoms with Crippen molar-refractivity contribution in [3.63, 3.8) is 0 Å². The predicted molar refractivity (Wildman–Crippen MR) is 53.6 cm³/mol. The zero-order chi connectivity index (χ0) is 9.97. The lowest BCUT2D eigenvalue weighted by atomic mass is 10.3. The van der Waals surface area contributed by atoms with E-state index in [0.29, 0.717) is 29.3 Å². The average molecular weight is 234 g/mol. The molecule has 2 rings (SSSR count). The van der Waals surface area contributed by atoms with Gasteiger partial charge < -0.3 is 10.1 Å². The second kappa shape index (κ2) is 4.40. The molecule has 0 saturated carbocycles. The van der Waals surface area contributed by atoms with Crippen LogP contribution in [0.1, 0.15) is 11.9 Å². The van der Waals surface area contributed by atoms with Crippen molar-refractivity contribution >= 4 is 23.2 Å². The number of morpholine rings is 1. The van der Waals surface area contributed by atoms with Crippen LogP contribution in [0.5, 0.6) is 0 Å². The number of rotatable bonds is 1. The van der Waals surface area contributed by atoms with Crippen molar-refractivity contribution in [2.75, 3.05) is 19.7 Å². The molecule has 1 fully saturated rings. The first-order valence-corrected chi connectivity index (χ1v) is 5.03. The van der Waals surface area contributed by atoms with E-state index in [1.807, 2.05) is 0 Å². The van der Waals surface area contributed by atoms with Gasteiger partial charge in [-0.25, -0.2) is 9.97 Å². The molecule has 6 heteroatoms. The van der Waals surface area contributed by atoms with Crippen LogP contribution in [0.3, 0.4) is 0 Å². The van der Waals surface area contributed by atoms with Crippen molar-refractivity contribution in [3.8, 4) is 0 Å². The number of nitrogens with zero attached hydrogens (tertiary/aromatic N) is 2. The Hall–Kier alpha value is -0.420. The maximum atomic E-state index is 5.76. The van der Waals surface area contributed by atoms with Crippen LogP contribution >= 0.6 is 23.2 Å². The SMILES string of the molecule is Clc1cc(Cl)nc(C2CNCCO2)n1. The lowest BCUT2D eigenvalue weighted by Crippen LogP contribution is -2.34. The van der Waals surface area contributed by atoms with E-state index in [0.717, 1.165) is 6.54 Å². The second-order valence-corrected chi connectivity index (χ2v) is 3.71. The first-order chi connectivity index (χ1) is 6.75. The number of halogens is 2. The quantitative estimate of drug-likeness (QED) is 0.747. The molecule has 0 spiro atoms. The zero-order valence-corrected chi connectivity index (χ0v) is 8.85. The van der Waals surface area contributed by atoms with Gasteiger partial charge in [0.15, 0.2) is 5.82 Å². The summed E-state index contributed by atoms with van der Waals surface area (Å²) in [5.41, 5.74) is 0. The van der Waals surface area contributed by atoms with Crippen LogP contribution < -0.4 is 5.32 Å². The van der Waals surface area contributed by atoms with E-state index >= 15 is 0 Å². The third kappa shape index (κ3) is 2.33. The molecule has 4 nitrogen and oxygen atoms in total. The van der Waals surface area contributed by atoms with Crippen molar-refractivity contribution in [1.29, 1.82) is 0 Å². The Morgan fingerprint density at radius 3 is 2.64 bits per heavy atom. The van der Waals surface area contributed by atoms with Crippen LogP contribution in [0.15, 0.2) is 6.07 Å². The third-order valence-electron chi connectivity index (χ3n) is 1.90. The van der Waals surface area contributed by atoms with Crippen LogP contribution in [0, 0.1) is 0 Å². The molecule has 1 atom stereocenters. The van der Waals surface area contributed by atoms with Gasteiger partial charge in [-0.15, -0.1) is 0 Å². The molecule has 1 aromatic rings. The molecule has 1 unspecified atom stereocenters. The van der Waals surface area contributed by atoms with Crippen LogP contribution in [-0.2, 0) is 4.74 Å². The Morgan fingerprint density at radius 1 is 1.36 bits per heavy atom. The summed E-state index contributed by atoms with van der Waals surface area (Å²) in [5, 5.41) is 3.86. The summed E-state index contributed by atoms with van der Waals surface area (Å²) < 4.78 is 5.47. The molecule has 1 N–H and O–H groups in total. The van der Waals surface area contributed by atoms with Gasteiger partial charge >= 0.3 is 0 Å². The van der Waals surface area contributed by atoms with E-state index in [1.54, 1.807) is 0 Å². The first kappa shape index (κ1) is 10.1. The van der Waals surface area contributed by atoms with Crippen LogP contribution in [0.25, 0.3) is 0 Å². The van der Waals surface area contributed by atoms with Crippen LogP contribution in [0.2, 0.25) is 10.3 Å². The molecular formula is C8H9Cl2N3O. The van der Waals surface area contributed by atoms with Crippen molar-refractivity contribution in [1.82, 2.24) is 15.3 Å². The maximum absolute atomic E-state index is 5.76. The largest absolute Gasteiger partial charge is 0.368 e.